The van der Waals surface area contributed by atoms with Gasteiger partial charge >= 0.3 is 0 Å². The molecule has 0 saturated heterocycles. The summed E-state index contributed by atoms with van der Waals surface area (Å²) in [5.41, 5.74) is 0.781. The van der Waals surface area contributed by atoms with E-state index in [4.69, 9.17) is 0 Å². The van der Waals surface area contributed by atoms with E-state index < -0.39 is 0 Å². The second-order valence-electron chi connectivity index (χ2n) is 5.02. The molecular formula is C14H19N5O2. The van der Waals surface area contributed by atoms with Crippen LogP contribution in [0.4, 0.5) is 0 Å². The molecule has 0 aromatic carbocycles. The first kappa shape index (κ1) is 15.0. The number of rotatable bonds is 6. The van der Waals surface area contributed by atoms with Gasteiger partial charge in [0.05, 0.1) is 6.54 Å². The van der Waals surface area contributed by atoms with Gasteiger partial charge < -0.3 is 10.6 Å². The highest BCUT2D eigenvalue weighted by molar-refractivity contribution is 5.85. The molecule has 0 aliphatic carbocycles. The van der Waals surface area contributed by atoms with Crippen molar-refractivity contribution in [1.29, 1.82) is 0 Å². The molecule has 7 nitrogen and oxygen atoms in total. The second-order valence-corrected chi connectivity index (χ2v) is 5.02. The Labute approximate surface area is 122 Å². The smallest absolute Gasteiger partial charge is 0.239 e. The lowest BCUT2D eigenvalue weighted by atomic mass is 10.2. The summed E-state index contributed by atoms with van der Waals surface area (Å²) in [6.45, 7) is 4.01. The van der Waals surface area contributed by atoms with Crippen LogP contribution < -0.4 is 10.6 Å². The Hall–Kier alpha value is -2.44. The van der Waals surface area contributed by atoms with Crippen LogP contribution in [0.1, 0.15) is 19.7 Å². The summed E-state index contributed by atoms with van der Waals surface area (Å²) >= 11 is 0. The molecule has 112 valence electrons. The number of hydrogen-bond acceptors (Lipinski definition) is 4. The van der Waals surface area contributed by atoms with Crippen molar-refractivity contribution in [3.05, 3.63) is 30.2 Å². The number of fused-ring (bicyclic) bond motifs is 1. The highest BCUT2D eigenvalue weighted by atomic mass is 16.2. The summed E-state index contributed by atoms with van der Waals surface area (Å²) in [4.78, 5) is 22.9. The third-order valence-corrected chi connectivity index (χ3v) is 3.00. The van der Waals surface area contributed by atoms with Crippen molar-refractivity contribution in [2.75, 3.05) is 13.1 Å². The van der Waals surface area contributed by atoms with Gasteiger partial charge in [-0.1, -0.05) is 19.9 Å². The monoisotopic (exact) mass is 289 g/mol. The van der Waals surface area contributed by atoms with Crippen molar-refractivity contribution < 1.29 is 9.59 Å². The van der Waals surface area contributed by atoms with Gasteiger partial charge in [0, 0.05) is 25.1 Å². The Morgan fingerprint density at radius 2 is 2.05 bits per heavy atom. The van der Waals surface area contributed by atoms with Gasteiger partial charge in [0.2, 0.25) is 11.8 Å². The molecule has 2 rings (SSSR count). The molecule has 2 amide bonds. The predicted molar refractivity (Wildman–Crippen MR) is 77.5 cm³/mol. The molecule has 2 N–H and O–H groups in total. The van der Waals surface area contributed by atoms with Crippen molar-refractivity contribution in [2.45, 2.75) is 20.3 Å². The first-order chi connectivity index (χ1) is 10.1. The van der Waals surface area contributed by atoms with Crippen LogP contribution in [-0.2, 0) is 16.0 Å². The minimum absolute atomic E-state index is 0.00239. The fourth-order valence-corrected chi connectivity index (χ4v) is 1.81. The van der Waals surface area contributed by atoms with Crippen LogP contribution in [0.3, 0.4) is 0 Å². The van der Waals surface area contributed by atoms with Gasteiger partial charge in [-0.05, 0) is 12.1 Å². The minimum Gasteiger partial charge on any atom is -0.354 e. The van der Waals surface area contributed by atoms with Gasteiger partial charge in [0.1, 0.15) is 5.82 Å². The number of carbonyl (C=O) groups is 2. The lowest BCUT2D eigenvalue weighted by Gasteiger charge is -2.08. The zero-order valence-electron chi connectivity index (χ0n) is 12.2. The number of carbonyl (C=O) groups excluding carboxylic acids is 2. The van der Waals surface area contributed by atoms with Crippen LogP contribution in [0.15, 0.2) is 24.4 Å². The molecule has 0 aliphatic rings. The van der Waals surface area contributed by atoms with E-state index in [0.717, 1.165) is 11.5 Å². The molecule has 7 heteroatoms. The zero-order valence-corrected chi connectivity index (χ0v) is 12.2. The first-order valence-electron chi connectivity index (χ1n) is 6.91. The van der Waals surface area contributed by atoms with Crippen LogP contribution >= 0.6 is 0 Å². The Kier molecular flexibility index (Phi) is 4.86. The third-order valence-electron chi connectivity index (χ3n) is 3.00. The van der Waals surface area contributed by atoms with Crippen LogP contribution in [0.5, 0.6) is 0 Å². The number of pyridine rings is 1. The van der Waals surface area contributed by atoms with E-state index in [2.05, 4.69) is 20.8 Å². The molecule has 0 atom stereocenters. The van der Waals surface area contributed by atoms with E-state index >= 15 is 0 Å². The Bertz CT molecular complexity index is 635. The fourth-order valence-electron chi connectivity index (χ4n) is 1.81. The number of nitrogens with one attached hydrogen (secondary N) is 2. The van der Waals surface area contributed by atoms with Gasteiger partial charge in [0.15, 0.2) is 5.65 Å². The summed E-state index contributed by atoms with van der Waals surface area (Å²) in [5, 5.41) is 13.4. The summed E-state index contributed by atoms with van der Waals surface area (Å²) in [6, 6.07) is 5.67. The maximum atomic E-state index is 11.6. The number of aromatic nitrogens is 3. The average Bonchev–Trinajstić information content (AvgIpc) is 2.88. The van der Waals surface area contributed by atoms with Crippen LogP contribution in [0, 0.1) is 5.92 Å². The molecule has 0 saturated carbocycles. The summed E-state index contributed by atoms with van der Waals surface area (Å²) < 4.78 is 1.88. The number of amides is 2. The summed E-state index contributed by atoms with van der Waals surface area (Å²) in [6.07, 6.45) is 2.46. The van der Waals surface area contributed by atoms with Crippen LogP contribution in [0.25, 0.3) is 5.65 Å². The van der Waals surface area contributed by atoms with E-state index in [1.54, 1.807) is 13.8 Å². The lowest BCUT2D eigenvalue weighted by Crippen LogP contribution is -2.39. The molecule has 2 aromatic heterocycles. The SMILES string of the molecule is CC(C)C(=O)NCC(=O)NCCc1nnc2ccccn12. The highest BCUT2D eigenvalue weighted by Crippen LogP contribution is 2.02. The van der Waals surface area contributed by atoms with Crippen molar-refractivity contribution >= 4 is 17.5 Å². The highest BCUT2D eigenvalue weighted by Gasteiger charge is 2.09. The molecule has 2 heterocycles. The van der Waals surface area contributed by atoms with Crippen molar-refractivity contribution in [2.24, 2.45) is 5.92 Å². The molecule has 0 fully saturated rings. The van der Waals surface area contributed by atoms with Crippen molar-refractivity contribution in [3.8, 4) is 0 Å². The molecule has 2 aromatic rings. The number of nitrogens with zero attached hydrogens (tertiary/aromatic N) is 3. The van der Waals surface area contributed by atoms with E-state index in [-0.39, 0.29) is 24.3 Å². The molecular weight excluding hydrogens is 270 g/mol. The van der Waals surface area contributed by atoms with Gasteiger partial charge in [0.25, 0.3) is 0 Å². The molecule has 0 radical (unpaired) electrons. The van der Waals surface area contributed by atoms with Crippen molar-refractivity contribution in [3.63, 3.8) is 0 Å². The van der Waals surface area contributed by atoms with E-state index in [0.29, 0.717) is 13.0 Å². The van der Waals surface area contributed by atoms with Crippen LogP contribution in [0.2, 0.25) is 0 Å². The van der Waals surface area contributed by atoms with Gasteiger partial charge in [-0.3, -0.25) is 14.0 Å². The molecule has 0 aliphatic heterocycles. The molecule has 21 heavy (non-hydrogen) atoms. The topological polar surface area (TPSA) is 88.4 Å². The van der Waals surface area contributed by atoms with Crippen LogP contribution in [-0.4, -0.2) is 39.5 Å². The molecule has 0 spiro atoms. The van der Waals surface area contributed by atoms with Gasteiger partial charge in [-0.15, -0.1) is 10.2 Å². The minimum atomic E-state index is -0.210. The average molecular weight is 289 g/mol. The van der Waals surface area contributed by atoms with E-state index in [1.165, 1.54) is 0 Å². The van der Waals surface area contributed by atoms with Gasteiger partial charge in [-0.2, -0.15) is 0 Å². The summed E-state index contributed by atoms with van der Waals surface area (Å²) in [5.74, 6) is 0.323. The van der Waals surface area contributed by atoms with Crippen molar-refractivity contribution in [1.82, 2.24) is 25.2 Å². The fraction of sp³-hybridized carbons (Fsp3) is 0.429. The maximum Gasteiger partial charge on any atom is 0.239 e. The first-order valence-corrected chi connectivity index (χ1v) is 6.91. The normalized spacial score (nSPS) is 10.8. The lowest BCUT2D eigenvalue weighted by molar-refractivity contribution is -0.127. The largest absolute Gasteiger partial charge is 0.354 e. The maximum absolute atomic E-state index is 11.6. The van der Waals surface area contributed by atoms with E-state index in [1.807, 2.05) is 28.8 Å². The standard InChI is InChI=1S/C14H19N5O2/c1-10(2)14(21)16-9-13(20)15-7-6-12-18-17-11-5-3-4-8-19(11)12/h3-5,8,10H,6-7,9H2,1-2H3,(H,15,20)(H,16,21). The Morgan fingerprint density at radius 1 is 1.24 bits per heavy atom. The number of hydrogen-bond donors (Lipinski definition) is 2. The van der Waals surface area contributed by atoms with E-state index in [9.17, 15) is 9.59 Å². The quantitative estimate of drug-likeness (QED) is 0.793. The third kappa shape index (κ3) is 4.01. The van der Waals surface area contributed by atoms with Gasteiger partial charge in [-0.25, -0.2) is 0 Å². The molecule has 0 bridgehead atoms. The second kappa shape index (κ2) is 6.83. The predicted octanol–water partition coefficient (Wildman–Crippen LogP) is 0.160. The zero-order chi connectivity index (χ0) is 15.2. The summed E-state index contributed by atoms with van der Waals surface area (Å²) in [7, 11) is 0. The Balaban J connectivity index is 1.76. The Morgan fingerprint density at radius 3 is 2.81 bits per heavy atom. The molecule has 0 unspecified atom stereocenters.